The van der Waals surface area contributed by atoms with Crippen LogP contribution in [0.3, 0.4) is 0 Å². The normalized spacial score (nSPS) is 11.4. The Morgan fingerprint density at radius 3 is 2.53 bits per heavy atom. The lowest BCUT2D eigenvalue weighted by Gasteiger charge is -2.28. The molecule has 0 aliphatic carbocycles. The number of phenolic OH excluding ortho intramolecular Hbond substituents is 1. The summed E-state index contributed by atoms with van der Waals surface area (Å²) in [4.78, 5) is 34.0. The van der Waals surface area contributed by atoms with E-state index in [1.165, 1.54) is 18.2 Å². The Morgan fingerprint density at radius 1 is 1.15 bits per heavy atom. The molecule has 4 aromatic rings. The minimum absolute atomic E-state index is 0.128. The van der Waals surface area contributed by atoms with Crippen molar-refractivity contribution in [2.24, 2.45) is 0 Å². The Morgan fingerprint density at radius 2 is 1.88 bits per heavy atom. The van der Waals surface area contributed by atoms with Gasteiger partial charge in [-0.05, 0) is 74.7 Å². The van der Waals surface area contributed by atoms with E-state index in [4.69, 9.17) is 11.6 Å². The number of halogens is 2. The van der Waals surface area contributed by atoms with Crippen molar-refractivity contribution in [2.75, 3.05) is 0 Å². The number of nitrogens with one attached hydrogen (secondary N) is 2. The molecule has 0 aliphatic heterocycles. The van der Waals surface area contributed by atoms with Crippen molar-refractivity contribution in [2.45, 2.75) is 40.3 Å². The lowest BCUT2D eigenvalue weighted by Crippen LogP contribution is -2.38. The van der Waals surface area contributed by atoms with Crippen molar-refractivity contribution < 1.29 is 14.3 Å². The SMILES string of the molecule is Cc1cc(C)c(CN(C(=O)c2cc(-c3ccc(F)c(O)c3)cc3[nH]cc(Cl)c23)C(C)C)c(=O)[nH]1. The van der Waals surface area contributed by atoms with Crippen molar-refractivity contribution in [1.82, 2.24) is 14.9 Å². The molecule has 1 amide bonds. The van der Waals surface area contributed by atoms with E-state index >= 15 is 0 Å². The fraction of sp³-hybridized carbons (Fsp3) is 0.231. The number of carbonyl (C=O) groups is 1. The van der Waals surface area contributed by atoms with E-state index in [0.29, 0.717) is 38.2 Å². The molecule has 176 valence electrons. The van der Waals surface area contributed by atoms with Gasteiger partial charge in [0.1, 0.15) is 0 Å². The Labute approximate surface area is 201 Å². The highest BCUT2D eigenvalue weighted by molar-refractivity contribution is 6.37. The Hall–Kier alpha value is -3.58. The van der Waals surface area contributed by atoms with E-state index in [-0.39, 0.29) is 24.1 Å². The summed E-state index contributed by atoms with van der Waals surface area (Å²) in [6.45, 7) is 7.56. The molecule has 0 saturated heterocycles. The Bertz CT molecular complexity index is 1470. The number of rotatable bonds is 5. The van der Waals surface area contributed by atoms with Crippen LogP contribution in [0.5, 0.6) is 5.75 Å². The fourth-order valence-electron chi connectivity index (χ4n) is 4.15. The van der Waals surface area contributed by atoms with Crippen LogP contribution < -0.4 is 5.56 Å². The van der Waals surface area contributed by atoms with Gasteiger partial charge in [0.15, 0.2) is 11.6 Å². The van der Waals surface area contributed by atoms with Crippen LogP contribution in [0.2, 0.25) is 5.02 Å². The van der Waals surface area contributed by atoms with Crippen LogP contribution in [0, 0.1) is 19.7 Å². The zero-order valence-corrected chi connectivity index (χ0v) is 20.0. The number of hydrogen-bond acceptors (Lipinski definition) is 3. The highest BCUT2D eigenvalue weighted by atomic mass is 35.5. The summed E-state index contributed by atoms with van der Waals surface area (Å²) in [5.74, 6) is -1.50. The molecule has 3 N–H and O–H groups in total. The number of aromatic amines is 2. The lowest BCUT2D eigenvalue weighted by molar-refractivity contribution is 0.0691. The van der Waals surface area contributed by atoms with Gasteiger partial charge in [0.25, 0.3) is 11.5 Å². The third-order valence-electron chi connectivity index (χ3n) is 5.95. The van der Waals surface area contributed by atoms with Gasteiger partial charge in [-0.3, -0.25) is 9.59 Å². The smallest absolute Gasteiger partial charge is 0.255 e. The zero-order chi connectivity index (χ0) is 24.7. The number of aryl methyl sites for hydroxylation is 2. The standard InChI is InChI=1S/C26H25ClFN3O3/c1-13(2)31(12-19-14(3)7-15(4)30-25(19)33)26(34)18-8-17(9-22-24(18)20(27)11-29-22)16-5-6-21(28)23(32)10-16/h5-11,13,29,32H,12H2,1-4H3,(H,30,33). The van der Waals surface area contributed by atoms with Crippen LogP contribution in [0.15, 0.2) is 47.4 Å². The Kier molecular flexibility index (Phi) is 6.23. The molecule has 0 fully saturated rings. The van der Waals surface area contributed by atoms with Gasteiger partial charge in [0, 0.05) is 34.4 Å². The molecule has 0 bridgehead atoms. The zero-order valence-electron chi connectivity index (χ0n) is 19.3. The second kappa shape index (κ2) is 8.99. The van der Waals surface area contributed by atoms with E-state index in [2.05, 4.69) is 9.97 Å². The fourth-order valence-corrected chi connectivity index (χ4v) is 4.40. The first-order valence-corrected chi connectivity index (χ1v) is 11.2. The maximum atomic E-state index is 13.9. The summed E-state index contributed by atoms with van der Waals surface area (Å²) in [7, 11) is 0. The first kappa shape index (κ1) is 23.6. The summed E-state index contributed by atoms with van der Waals surface area (Å²) in [6, 6.07) is 9.15. The molecule has 8 heteroatoms. The van der Waals surface area contributed by atoms with Gasteiger partial charge in [0.2, 0.25) is 0 Å². The lowest BCUT2D eigenvalue weighted by atomic mass is 9.98. The number of phenols is 1. The van der Waals surface area contributed by atoms with Gasteiger partial charge in [-0.1, -0.05) is 17.7 Å². The molecule has 0 aliphatic rings. The molecule has 0 unspecified atom stereocenters. The summed E-state index contributed by atoms with van der Waals surface area (Å²) in [5, 5.41) is 10.8. The first-order chi connectivity index (χ1) is 16.1. The average Bonchev–Trinajstić information content (AvgIpc) is 3.14. The van der Waals surface area contributed by atoms with E-state index in [1.807, 2.05) is 33.8 Å². The Balaban J connectivity index is 1.85. The number of fused-ring (bicyclic) bond motifs is 1. The third kappa shape index (κ3) is 4.31. The molecule has 0 radical (unpaired) electrons. The largest absolute Gasteiger partial charge is 0.505 e. The predicted molar refractivity (Wildman–Crippen MR) is 132 cm³/mol. The van der Waals surface area contributed by atoms with Gasteiger partial charge < -0.3 is 20.0 Å². The topological polar surface area (TPSA) is 89.2 Å². The minimum atomic E-state index is -0.728. The average molecular weight is 482 g/mol. The van der Waals surface area contributed by atoms with Crippen molar-refractivity contribution in [1.29, 1.82) is 0 Å². The molecule has 4 rings (SSSR count). The molecule has 2 heterocycles. The number of benzene rings is 2. The predicted octanol–water partition coefficient (Wildman–Crippen LogP) is 5.69. The molecule has 2 aromatic heterocycles. The maximum Gasteiger partial charge on any atom is 0.255 e. The molecule has 6 nitrogen and oxygen atoms in total. The molecule has 0 spiro atoms. The highest BCUT2D eigenvalue weighted by Crippen LogP contribution is 2.34. The van der Waals surface area contributed by atoms with Crippen molar-refractivity contribution in [3.8, 4) is 16.9 Å². The van der Waals surface area contributed by atoms with Crippen LogP contribution in [0.4, 0.5) is 4.39 Å². The number of nitrogens with zero attached hydrogens (tertiary/aromatic N) is 1. The van der Waals surface area contributed by atoms with Crippen LogP contribution in [-0.4, -0.2) is 31.9 Å². The molecule has 34 heavy (non-hydrogen) atoms. The second-order valence-corrected chi connectivity index (χ2v) is 9.13. The molecular weight excluding hydrogens is 457 g/mol. The van der Waals surface area contributed by atoms with Crippen LogP contribution in [0.25, 0.3) is 22.0 Å². The number of amides is 1. The monoisotopic (exact) mass is 481 g/mol. The van der Waals surface area contributed by atoms with Gasteiger partial charge in [-0.2, -0.15) is 0 Å². The first-order valence-electron chi connectivity index (χ1n) is 10.9. The number of aromatic nitrogens is 2. The van der Waals surface area contributed by atoms with Crippen molar-refractivity contribution in [3.05, 3.63) is 86.2 Å². The summed E-state index contributed by atoms with van der Waals surface area (Å²) >= 11 is 6.43. The quantitative estimate of drug-likeness (QED) is 0.342. The summed E-state index contributed by atoms with van der Waals surface area (Å²) < 4.78 is 13.6. The van der Waals surface area contributed by atoms with E-state index in [9.17, 15) is 19.1 Å². The van der Waals surface area contributed by atoms with Crippen LogP contribution in [-0.2, 0) is 6.54 Å². The van der Waals surface area contributed by atoms with E-state index in [1.54, 1.807) is 23.2 Å². The number of carbonyl (C=O) groups excluding carboxylic acids is 1. The van der Waals surface area contributed by atoms with Gasteiger partial charge in [0.05, 0.1) is 17.1 Å². The maximum absolute atomic E-state index is 13.9. The number of pyridine rings is 1. The second-order valence-electron chi connectivity index (χ2n) is 8.72. The molecule has 0 atom stereocenters. The van der Waals surface area contributed by atoms with E-state index < -0.39 is 11.6 Å². The number of H-pyrrole nitrogens is 2. The number of aromatic hydroxyl groups is 1. The summed E-state index contributed by atoms with van der Waals surface area (Å²) in [6.07, 6.45) is 1.60. The summed E-state index contributed by atoms with van der Waals surface area (Å²) in [5.41, 5.74) is 3.98. The van der Waals surface area contributed by atoms with Gasteiger partial charge in [-0.25, -0.2) is 4.39 Å². The van der Waals surface area contributed by atoms with Crippen LogP contribution >= 0.6 is 11.6 Å². The molecular formula is C26H25ClFN3O3. The number of hydrogen-bond donors (Lipinski definition) is 3. The third-order valence-corrected chi connectivity index (χ3v) is 6.25. The minimum Gasteiger partial charge on any atom is -0.505 e. The molecule has 0 saturated carbocycles. The van der Waals surface area contributed by atoms with E-state index in [0.717, 1.165) is 11.3 Å². The highest BCUT2D eigenvalue weighted by Gasteiger charge is 2.25. The molecule has 2 aromatic carbocycles. The van der Waals surface area contributed by atoms with Gasteiger partial charge in [-0.15, -0.1) is 0 Å². The van der Waals surface area contributed by atoms with Crippen LogP contribution in [0.1, 0.15) is 41.0 Å². The van der Waals surface area contributed by atoms with Crippen molar-refractivity contribution >= 4 is 28.4 Å². The van der Waals surface area contributed by atoms with Gasteiger partial charge >= 0.3 is 0 Å². The van der Waals surface area contributed by atoms with Crippen molar-refractivity contribution in [3.63, 3.8) is 0 Å².